The third-order valence-electron chi connectivity index (χ3n) is 2.17. The van der Waals surface area contributed by atoms with Gasteiger partial charge in [-0.15, -0.1) is 0 Å². The predicted octanol–water partition coefficient (Wildman–Crippen LogP) is 1.80. The highest BCUT2D eigenvalue weighted by molar-refractivity contribution is 7.91. The summed E-state index contributed by atoms with van der Waals surface area (Å²) in [6.45, 7) is 1.83. The van der Waals surface area contributed by atoms with Gasteiger partial charge in [0.05, 0.1) is 10.6 Å². The highest BCUT2D eigenvalue weighted by atomic mass is 32.2. The van der Waals surface area contributed by atoms with Gasteiger partial charge in [0, 0.05) is 0 Å². The summed E-state index contributed by atoms with van der Waals surface area (Å²) in [7, 11) is -3.06. The molecule has 1 aromatic carbocycles. The van der Waals surface area contributed by atoms with E-state index in [1.165, 1.54) is 0 Å². The summed E-state index contributed by atoms with van der Waals surface area (Å²) in [6.07, 6.45) is 3.56. The number of fused-ring (bicyclic) bond motifs is 1. The van der Waals surface area contributed by atoms with Gasteiger partial charge in [0.1, 0.15) is 0 Å². The van der Waals surface area contributed by atoms with Crippen LogP contribution in [0.25, 0.3) is 6.08 Å². The van der Waals surface area contributed by atoms with E-state index in [2.05, 4.69) is 0 Å². The lowest BCUT2D eigenvalue weighted by atomic mass is 10.1. The topological polar surface area (TPSA) is 34.1 Å². The molecule has 0 fully saturated rings. The van der Waals surface area contributed by atoms with Crippen molar-refractivity contribution in [2.75, 3.05) is 5.75 Å². The Bertz CT molecular complexity index is 470. The number of aryl methyl sites for hydroxylation is 1. The Labute approximate surface area is 77.8 Å². The molecule has 2 nitrogen and oxygen atoms in total. The van der Waals surface area contributed by atoms with E-state index in [0.717, 1.165) is 11.1 Å². The minimum atomic E-state index is -3.06. The Balaban J connectivity index is 2.84. The maximum Gasteiger partial charge on any atom is 0.182 e. The van der Waals surface area contributed by atoms with E-state index >= 15 is 0 Å². The van der Waals surface area contributed by atoms with Crippen LogP contribution < -0.4 is 0 Å². The number of rotatable bonds is 0. The van der Waals surface area contributed by atoms with Gasteiger partial charge in [-0.05, 0) is 18.1 Å². The monoisotopic (exact) mass is 194 g/mol. The van der Waals surface area contributed by atoms with E-state index in [4.69, 9.17) is 0 Å². The van der Waals surface area contributed by atoms with Gasteiger partial charge in [-0.3, -0.25) is 0 Å². The molecule has 0 spiro atoms. The minimum absolute atomic E-state index is 0.130. The normalized spacial score (nSPS) is 18.2. The van der Waals surface area contributed by atoms with Crippen LogP contribution in [0.2, 0.25) is 0 Å². The van der Waals surface area contributed by atoms with Crippen LogP contribution in [0, 0.1) is 6.92 Å². The second kappa shape index (κ2) is 2.70. The molecule has 0 bridgehead atoms. The zero-order valence-electron chi connectivity index (χ0n) is 7.32. The Morgan fingerprint density at radius 2 is 2.08 bits per heavy atom. The molecule has 1 heterocycles. The molecule has 1 aromatic rings. The molecule has 0 saturated heterocycles. The number of hydrogen-bond acceptors (Lipinski definition) is 2. The smallest absolute Gasteiger partial charge is 0.182 e. The average Bonchev–Trinajstić information content (AvgIpc) is 2.02. The van der Waals surface area contributed by atoms with Crippen molar-refractivity contribution >= 4 is 15.9 Å². The fraction of sp³-hybridized carbons (Fsp3) is 0.200. The van der Waals surface area contributed by atoms with E-state index in [1.54, 1.807) is 6.08 Å². The van der Waals surface area contributed by atoms with Gasteiger partial charge >= 0.3 is 0 Å². The molecule has 0 saturated carbocycles. The molecule has 0 N–H and O–H groups in total. The minimum Gasteiger partial charge on any atom is -0.223 e. The van der Waals surface area contributed by atoms with Crippen molar-refractivity contribution in [2.45, 2.75) is 11.8 Å². The van der Waals surface area contributed by atoms with Gasteiger partial charge in [-0.1, -0.05) is 30.4 Å². The molecule has 0 radical (unpaired) electrons. The first-order valence-electron chi connectivity index (χ1n) is 4.10. The summed E-state index contributed by atoms with van der Waals surface area (Å²) in [4.78, 5) is 0.498. The van der Waals surface area contributed by atoms with Crippen molar-refractivity contribution in [2.24, 2.45) is 0 Å². The first-order chi connectivity index (χ1) is 6.11. The highest BCUT2D eigenvalue weighted by Gasteiger charge is 2.21. The van der Waals surface area contributed by atoms with Crippen LogP contribution in [0.3, 0.4) is 0 Å². The molecule has 68 valence electrons. The zero-order valence-corrected chi connectivity index (χ0v) is 8.14. The van der Waals surface area contributed by atoms with Gasteiger partial charge in [-0.2, -0.15) is 0 Å². The number of hydrogen-bond donors (Lipinski definition) is 0. The van der Waals surface area contributed by atoms with Gasteiger partial charge < -0.3 is 0 Å². The molecular formula is C10H10O2S. The number of benzene rings is 1. The molecule has 0 amide bonds. The summed E-state index contributed by atoms with van der Waals surface area (Å²) < 4.78 is 23.3. The highest BCUT2D eigenvalue weighted by Crippen LogP contribution is 2.26. The predicted molar refractivity (Wildman–Crippen MR) is 52.3 cm³/mol. The van der Waals surface area contributed by atoms with Crippen LogP contribution in [0.4, 0.5) is 0 Å². The van der Waals surface area contributed by atoms with Gasteiger partial charge in [0.2, 0.25) is 0 Å². The molecule has 0 aromatic heterocycles. The Morgan fingerprint density at radius 3 is 2.77 bits per heavy atom. The lowest BCUT2D eigenvalue weighted by Gasteiger charge is -2.13. The quantitative estimate of drug-likeness (QED) is 0.631. The second-order valence-electron chi connectivity index (χ2n) is 3.18. The van der Waals surface area contributed by atoms with Crippen molar-refractivity contribution in [3.8, 4) is 0 Å². The summed E-state index contributed by atoms with van der Waals surface area (Å²) in [5.74, 6) is 0.130. The fourth-order valence-corrected chi connectivity index (χ4v) is 3.19. The standard InChI is InChI=1S/C10H10O2S/c1-8-4-2-5-9-6-3-7-13(11,12)10(8)9/h2-6H,7H2,1H3. The van der Waals surface area contributed by atoms with Crippen LogP contribution in [-0.4, -0.2) is 14.2 Å². The molecule has 0 unspecified atom stereocenters. The van der Waals surface area contributed by atoms with Crippen molar-refractivity contribution in [3.63, 3.8) is 0 Å². The third kappa shape index (κ3) is 1.29. The summed E-state index contributed by atoms with van der Waals surface area (Å²) in [6, 6.07) is 5.53. The van der Waals surface area contributed by atoms with Crippen molar-refractivity contribution in [3.05, 3.63) is 35.4 Å². The lowest BCUT2D eigenvalue weighted by molar-refractivity contribution is 0.597. The maximum atomic E-state index is 11.6. The molecule has 0 atom stereocenters. The first-order valence-corrected chi connectivity index (χ1v) is 5.75. The van der Waals surface area contributed by atoms with E-state index < -0.39 is 9.84 Å². The van der Waals surface area contributed by atoms with Crippen LogP contribution in [0.1, 0.15) is 11.1 Å². The maximum absolute atomic E-state index is 11.6. The van der Waals surface area contributed by atoms with E-state index in [-0.39, 0.29) is 5.75 Å². The van der Waals surface area contributed by atoms with Gasteiger partial charge in [0.25, 0.3) is 0 Å². The molecule has 1 aliphatic rings. The van der Waals surface area contributed by atoms with Crippen LogP contribution in [0.15, 0.2) is 29.2 Å². The average molecular weight is 194 g/mol. The molecule has 13 heavy (non-hydrogen) atoms. The summed E-state index contributed by atoms with van der Waals surface area (Å²) in [5, 5.41) is 0. The largest absolute Gasteiger partial charge is 0.223 e. The molecule has 1 aliphatic heterocycles. The van der Waals surface area contributed by atoms with Crippen molar-refractivity contribution in [1.82, 2.24) is 0 Å². The zero-order chi connectivity index (χ0) is 9.47. The molecule has 0 aliphatic carbocycles. The Hall–Kier alpha value is -1.09. The second-order valence-corrected chi connectivity index (χ2v) is 5.15. The SMILES string of the molecule is Cc1cccc2c1S(=O)(=O)CC=C2. The molecular weight excluding hydrogens is 184 g/mol. The third-order valence-corrected chi connectivity index (χ3v) is 3.98. The number of sulfone groups is 1. The van der Waals surface area contributed by atoms with Gasteiger partial charge in [0.15, 0.2) is 9.84 Å². The summed E-state index contributed by atoms with van der Waals surface area (Å²) >= 11 is 0. The fourth-order valence-electron chi connectivity index (χ4n) is 1.62. The van der Waals surface area contributed by atoms with Crippen LogP contribution in [-0.2, 0) is 9.84 Å². The van der Waals surface area contributed by atoms with Crippen LogP contribution in [0.5, 0.6) is 0 Å². The van der Waals surface area contributed by atoms with Gasteiger partial charge in [-0.25, -0.2) is 8.42 Å². The Kier molecular flexibility index (Phi) is 1.77. The Morgan fingerprint density at radius 1 is 1.31 bits per heavy atom. The van der Waals surface area contributed by atoms with E-state index in [9.17, 15) is 8.42 Å². The lowest BCUT2D eigenvalue weighted by Crippen LogP contribution is -2.11. The summed E-state index contributed by atoms with van der Waals surface area (Å²) in [5.41, 5.74) is 1.65. The van der Waals surface area contributed by atoms with E-state index in [0.29, 0.717) is 4.90 Å². The van der Waals surface area contributed by atoms with E-state index in [1.807, 2.05) is 31.2 Å². The van der Waals surface area contributed by atoms with Crippen molar-refractivity contribution in [1.29, 1.82) is 0 Å². The molecule has 3 heteroatoms. The van der Waals surface area contributed by atoms with Crippen LogP contribution >= 0.6 is 0 Å². The van der Waals surface area contributed by atoms with Crippen molar-refractivity contribution < 1.29 is 8.42 Å². The first kappa shape index (κ1) is 8.51. The molecule has 2 rings (SSSR count).